The normalized spacial score (nSPS) is 13.1. The highest BCUT2D eigenvalue weighted by Crippen LogP contribution is 2.36. The highest BCUT2D eigenvalue weighted by Gasteiger charge is 2.27. The number of benzene rings is 2. The van der Waals surface area contributed by atoms with Crippen LogP contribution in [-0.2, 0) is 35.3 Å². The summed E-state index contributed by atoms with van der Waals surface area (Å²) >= 11 is 5.75. The first-order chi connectivity index (χ1) is 19.1. The van der Waals surface area contributed by atoms with Crippen LogP contribution in [0.3, 0.4) is 0 Å². The molecule has 2 aliphatic rings. The molecule has 2 aromatic carbocycles. The molecule has 0 fully saturated rings. The average Bonchev–Trinajstić information content (AvgIpc) is 3.25. The first-order valence-electron chi connectivity index (χ1n) is 12.7. The Hall–Kier alpha value is -4.54. The van der Waals surface area contributed by atoms with Gasteiger partial charge in [-0.1, -0.05) is 48.5 Å². The van der Waals surface area contributed by atoms with Crippen LogP contribution in [-0.4, -0.2) is 27.7 Å². The molecule has 0 saturated carbocycles. The highest BCUT2D eigenvalue weighted by molar-refractivity contribution is 6.30. The molecule has 0 N–H and O–H groups in total. The number of rotatable bonds is 2. The summed E-state index contributed by atoms with van der Waals surface area (Å²) in [6.07, 6.45) is 6.74. The van der Waals surface area contributed by atoms with Crippen LogP contribution in [0, 0.1) is 11.3 Å². The van der Waals surface area contributed by atoms with Crippen LogP contribution >= 0.6 is 11.6 Å². The van der Waals surface area contributed by atoms with E-state index in [4.69, 9.17) is 16.9 Å². The predicted octanol–water partition coefficient (Wildman–Crippen LogP) is 5.84. The Balaban J connectivity index is 0.000000158. The zero-order valence-corrected chi connectivity index (χ0v) is 22.0. The molecule has 0 spiro atoms. The zero-order chi connectivity index (χ0) is 27.2. The predicted molar refractivity (Wildman–Crippen MR) is 151 cm³/mol. The Morgan fingerprint density at radius 3 is 1.62 bits per heavy atom. The van der Waals surface area contributed by atoms with E-state index in [1.807, 2.05) is 72.8 Å². The van der Waals surface area contributed by atoms with Crippen molar-refractivity contribution in [2.24, 2.45) is 0 Å². The number of pyridine rings is 2. The number of para-hydroxylation sites is 2. The quantitative estimate of drug-likeness (QED) is 0.301. The zero-order valence-electron chi connectivity index (χ0n) is 21.3. The molecule has 194 valence electrons. The van der Waals surface area contributed by atoms with Crippen molar-refractivity contribution in [2.75, 3.05) is 15.7 Å². The summed E-state index contributed by atoms with van der Waals surface area (Å²) in [7, 11) is 0. The molecule has 0 aliphatic carbocycles. The van der Waals surface area contributed by atoms with Gasteiger partial charge < -0.3 is 0 Å². The molecule has 2 amide bonds. The van der Waals surface area contributed by atoms with Crippen molar-refractivity contribution in [1.29, 1.82) is 5.26 Å². The van der Waals surface area contributed by atoms with Crippen molar-refractivity contribution in [3.8, 4) is 6.07 Å². The number of halogens is 1. The summed E-state index contributed by atoms with van der Waals surface area (Å²) in [5.41, 5.74) is 6.11. The largest absolute Gasteiger partial charge is 0.273 e. The minimum Gasteiger partial charge on any atom is -0.273 e. The number of hydrogen-bond acceptors (Lipinski definition) is 5. The summed E-state index contributed by atoms with van der Waals surface area (Å²) in [6.45, 7) is 0. The van der Waals surface area contributed by atoms with Crippen LogP contribution < -0.4 is 9.80 Å². The van der Waals surface area contributed by atoms with Crippen LogP contribution in [0.5, 0.6) is 0 Å². The van der Waals surface area contributed by atoms with Crippen molar-refractivity contribution in [3.05, 3.63) is 107 Å². The van der Waals surface area contributed by atoms with E-state index >= 15 is 0 Å². The number of carbonyl (C=O) groups is 2. The number of aryl methyl sites for hydroxylation is 4. The van der Waals surface area contributed by atoms with Gasteiger partial charge in [0.2, 0.25) is 11.8 Å². The Bertz CT molecular complexity index is 1470. The number of alkyl halides is 1. The lowest BCUT2D eigenvalue weighted by Crippen LogP contribution is -2.28. The third kappa shape index (κ3) is 5.38. The molecular weight excluding hydrogens is 510 g/mol. The Morgan fingerprint density at radius 2 is 1.13 bits per heavy atom. The maximum Gasteiger partial charge on any atom is 0.247 e. The van der Waals surface area contributed by atoms with Crippen LogP contribution in [0.15, 0.2) is 85.2 Å². The third-order valence-electron chi connectivity index (χ3n) is 6.79. The van der Waals surface area contributed by atoms with Gasteiger partial charge in [-0.3, -0.25) is 19.4 Å². The van der Waals surface area contributed by atoms with E-state index < -0.39 is 0 Å². The van der Waals surface area contributed by atoms with E-state index in [9.17, 15) is 9.59 Å². The minimum absolute atomic E-state index is 0.0512. The number of nitriles is 1. The van der Waals surface area contributed by atoms with Gasteiger partial charge in [0.15, 0.2) is 0 Å². The second-order valence-corrected chi connectivity index (χ2v) is 9.42. The van der Waals surface area contributed by atoms with Crippen LogP contribution in [0.2, 0.25) is 0 Å². The molecule has 8 heteroatoms. The summed E-state index contributed by atoms with van der Waals surface area (Å²) < 4.78 is 0. The lowest BCUT2D eigenvalue weighted by Gasteiger charge is -2.22. The number of amides is 2. The fraction of sp³-hybridized carbons (Fsp3) is 0.194. The second-order valence-electron chi connectivity index (χ2n) is 9.16. The molecule has 7 nitrogen and oxygen atoms in total. The summed E-state index contributed by atoms with van der Waals surface area (Å²) in [4.78, 5) is 36.5. The van der Waals surface area contributed by atoms with Gasteiger partial charge in [-0.05, 0) is 72.2 Å². The molecule has 4 aromatic rings. The van der Waals surface area contributed by atoms with Crippen molar-refractivity contribution in [3.63, 3.8) is 0 Å². The smallest absolute Gasteiger partial charge is 0.247 e. The number of fused-ring (bicyclic) bond motifs is 4. The van der Waals surface area contributed by atoms with Gasteiger partial charge in [-0.15, -0.1) is 11.6 Å². The average molecular weight is 536 g/mol. The molecular formula is C31H26ClN5O2. The summed E-state index contributed by atoms with van der Waals surface area (Å²) in [5.74, 6) is 0.929. The van der Waals surface area contributed by atoms with Gasteiger partial charge in [0.05, 0.1) is 17.4 Å². The summed E-state index contributed by atoms with van der Waals surface area (Å²) in [5, 5.41) is 8.82. The van der Waals surface area contributed by atoms with Crippen molar-refractivity contribution < 1.29 is 9.59 Å². The van der Waals surface area contributed by atoms with Crippen molar-refractivity contribution in [2.45, 2.75) is 32.1 Å². The van der Waals surface area contributed by atoms with Crippen molar-refractivity contribution >= 4 is 46.4 Å². The van der Waals surface area contributed by atoms with E-state index in [0.29, 0.717) is 11.6 Å². The van der Waals surface area contributed by atoms with E-state index in [0.717, 1.165) is 59.3 Å². The fourth-order valence-electron chi connectivity index (χ4n) is 5.01. The van der Waals surface area contributed by atoms with Gasteiger partial charge in [0.25, 0.3) is 0 Å². The highest BCUT2D eigenvalue weighted by atomic mass is 35.5. The molecule has 2 aromatic heterocycles. The van der Waals surface area contributed by atoms with Gasteiger partial charge in [-0.25, -0.2) is 9.97 Å². The maximum absolute atomic E-state index is 12.3. The lowest BCUT2D eigenvalue weighted by molar-refractivity contribution is -0.117. The van der Waals surface area contributed by atoms with Crippen LogP contribution in [0.4, 0.5) is 23.0 Å². The first-order valence-corrected chi connectivity index (χ1v) is 13.3. The number of hydrogen-bond donors (Lipinski definition) is 0. The summed E-state index contributed by atoms with van der Waals surface area (Å²) in [6, 6.07) is 25.4. The van der Waals surface area contributed by atoms with E-state index in [-0.39, 0.29) is 24.1 Å². The van der Waals surface area contributed by atoms with Crippen LogP contribution in [0.25, 0.3) is 0 Å². The molecule has 0 saturated heterocycles. The van der Waals surface area contributed by atoms with E-state index in [2.05, 4.69) is 16.0 Å². The number of carbonyl (C=O) groups excluding carboxylic acids is 2. The molecule has 4 heterocycles. The van der Waals surface area contributed by atoms with Crippen LogP contribution in [0.1, 0.15) is 28.7 Å². The topological polar surface area (TPSA) is 90.2 Å². The minimum atomic E-state index is -0.234. The first kappa shape index (κ1) is 26.1. The Kier molecular flexibility index (Phi) is 7.95. The number of nitrogens with zero attached hydrogens (tertiary/aromatic N) is 5. The van der Waals surface area contributed by atoms with Gasteiger partial charge in [-0.2, -0.15) is 5.26 Å². The number of aromatic nitrogens is 2. The maximum atomic E-state index is 12.3. The van der Waals surface area contributed by atoms with E-state index in [1.165, 1.54) is 0 Å². The van der Waals surface area contributed by atoms with Crippen molar-refractivity contribution in [1.82, 2.24) is 9.97 Å². The van der Waals surface area contributed by atoms with Gasteiger partial charge in [0, 0.05) is 12.4 Å². The fourth-order valence-corrected chi connectivity index (χ4v) is 5.13. The monoisotopic (exact) mass is 535 g/mol. The second kappa shape index (κ2) is 11.9. The van der Waals surface area contributed by atoms with E-state index in [1.54, 1.807) is 22.2 Å². The SMILES string of the molecule is N#CCC(=O)N1c2ccccc2CCc2cccnc21.O=C(CCl)N1c2ccccc2CCc2cccnc21. The Morgan fingerprint density at radius 1 is 0.692 bits per heavy atom. The Labute approximate surface area is 232 Å². The third-order valence-corrected chi connectivity index (χ3v) is 7.02. The molecule has 2 aliphatic heterocycles. The van der Waals surface area contributed by atoms with Gasteiger partial charge in [0.1, 0.15) is 23.9 Å². The molecule has 0 bridgehead atoms. The number of anilines is 4. The molecule has 6 rings (SSSR count). The molecule has 39 heavy (non-hydrogen) atoms. The molecule has 0 atom stereocenters. The standard InChI is InChI=1S/C16H13N3O.C15H13ClN2O/c17-10-9-15(20)19-14-6-2-1-4-12(14)7-8-13-5-3-11-18-16(13)19;16-10-14(19)18-13-6-2-1-4-11(13)7-8-12-5-3-9-17-15(12)18/h1-6,11H,7-9H2;1-6,9H,7-8,10H2. The lowest BCUT2D eigenvalue weighted by atomic mass is 10.1. The molecule has 0 unspecified atom stereocenters. The van der Waals surface area contributed by atoms with Gasteiger partial charge >= 0.3 is 0 Å². The molecule has 0 radical (unpaired) electrons.